The van der Waals surface area contributed by atoms with Gasteiger partial charge in [-0.2, -0.15) is 5.26 Å². The lowest BCUT2D eigenvalue weighted by atomic mass is 10.0. The molecule has 0 aliphatic carbocycles. The highest BCUT2D eigenvalue weighted by Crippen LogP contribution is 2.25. The molecule has 17 heavy (non-hydrogen) atoms. The first-order chi connectivity index (χ1) is 7.95. The molecule has 0 saturated heterocycles. The largest absolute Gasteiger partial charge is 0.391 e. The van der Waals surface area contributed by atoms with Gasteiger partial charge in [-0.25, -0.2) is 0 Å². The number of halogens is 1. The van der Waals surface area contributed by atoms with Crippen LogP contribution in [0.2, 0.25) is 5.02 Å². The monoisotopic (exact) mass is 253 g/mol. The van der Waals surface area contributed by atoms with Crippen molar-refractivity contribution >= 4 is 11.6 Å². The van der Waals surface area contributed by atoms with Crippen LogP contribution < -0.4 is 0 Å². The van der Waals surface area contributed by atoms with Gasteiger partial charge in [-0.15, -0.1) is 0 Å². The number of nitrogens with zero attached hydrogens (tertiary/aromatic N) is 1. The summed E-state index contributed by atoms with van der Waals surface area (Å²) in [6.45, 7) is 5.25. The summed E-state index contributed by atoms with van der Waals surface area (Å²) in [5.74, 6) is 0. The molecule has 0 spiro atoms. The van der Waals surface area contributed by atoms with Gasteiger partial charge in [-0.3, -0.25) is 0 Å². The Balaban J connectivity index is 2.91. The summed E-state index contributed by atoms with van der Waals surface area (Å²) in [6, 6.07) is 7.38. The highest BCUT2D eigenvalue weighted by Gasteiger charge is 2.19. The standard InChI is InChI=1S/C13H16ClNO2/c1-8-6-11(14)4-5-12(8)13(7-15)17-10(3)9(2)16/h4-6,9-10,13,16H,1-3H3. The van der Waals surface area contributed by atoms with Crippen molar-refractivity contribution < 1.29 is 9.84 Å². The number of hydrogen-bond donors (Lipinski definition) is 1. The maximum atomic E-state index is 9.37. The molecule has 0 aliphatic rings. The molecule has 3 nitrogen and oxygen atoms in total. The fourth-order valence-electron chi connectivity index (χ4n) is 1.43. The Morgan fingerprint density at radius 2 is 2.06 bits per heavy atom. The Morgan fingerprint density at radius 3 is 2.53 bits per heavy atom. The van der Waals surface area contributed by atoms with Crippen LogP contribution in [-0.2, 0) is 4.74 Å². The maximum Gasteiger partial charge on any atom is 0.169 e. The van der Waals surface area contributed by atoms with Crippen LogP contribution in [0, 0.1) is 18.3 Å². The molecular formula is C13H16ClNO2. The van der Waals surface area contributed by atoms with Crippen LogP contribution in [0.4, 0.5) is 0 Å². The van der Waals surface area contributed by atoms with E-state index in [-0.39, 0.29) is 0 Å². The lowest BCUT2D eigenvalue weighted by molar-refractivity contribution is -0.0427. The molecule has 1 N–H and O–H groups in total. The number of rotatable bonds is 4. The molecule has 1 aromatic carbocycles. The first-order valence-electron chi connectivity index (χ1n) is 5.45. The van der Waals surface area contributed by atoms with Crippen LogP contribution in [0.5, 0.6) is 0 Å². The summed E-state index contributed by atoms with van der Waals surface area (Å²) in [7, 11) is 0. The third-order valence-electron chi connectivity index (χ3n) is 2.66. The minimum atomic E-state index is -0.683. The number of hydrogen-bond acceptors (Lipinski definition) is 3. The third kappa shape index (κ3) is 3.71. The third-order valence-corrected chi connectivity index (χ3v) is 2.90. The van der Waals surface area contributed by atoms with E-state index in [1.54, 1.807) is 32.0 Å². The molecule has 1 rings (SSSR count). The van der Waals surface area contributed by atoms with Gasteiger partial charge in [0.2, 0.25) is 0 Å². The van der Waals surface area contributed by atoms with Crippen molar-refractivity contribution in [1.82, 2.24) is 0 Å². The Morgan fingerprint density at radius 1 is 1.41 bits per heavy atom. The van der Waals surface area contributed by atoms with Crippen molar-refractivity contribution in [2.75, 3.05) is 0 Å². The minimum Gasteiger partial charge on any atom is -0.391 e. The lowest BCUT2D eigenvalue weighted by Crippen LogP contribution is -2.24. The van der Waals surface area contributed by atoms with Gasteiger partial charge in [0.05, 0.1) is 18.3 Å². The molecule has 0 fully saturated rings. The molecule has 0 bridgehead atoms. The van der Waals surface area contributed by atoms with Crippen LogP contribution in [-0.4, -0.2) is 17.3 Å². The first-order valence-corrected chi connectivity index (χ1v) is 5.82. The smallest absolute Gasteiger partial charge is 0.169 e. The fourth-order valence-corrected chi connectivity index (χ4v) is 1.66. The molecule has 0 heterocycles. The van der Waals surface area contributed by atoms with Crippen molar-refractivity contribution in [3.63, 3.8) is 0 Å². The first kappa shape index (κ1) is 14.0. The number of nitriles is 1. The highest BCUT2D eigenvalue weighted by molar-refractivity contribution is 6.30. The summed E-state index contributed by atoms with van der Waals surface area (Å²) in [6.07, 6.45) is -1.69. The van der Waals surface area contributed by atoms with Crippen molar-refractivity contribution in [2.45, 2.75) is 39.1 Å². The molecule has 92 valence electrons. The number of benzene rings is 1. The van der Waals surface area contributed by atoms with Gasteiger partial charge < -0.3 is 9.84 Å². The van der Waals surface area contributed by atoms with Gasteiger partial charge in [-0.05, 0) is 44.0 Å². The molecule has 1 aromatic rings. The molecule has 0 amide bonds. The van der Waals surface area contributed by atoms with Gasteiger partial charge in [0.25, 0.3) is 0 Å². The predicted molar refractivity (Wildman–Crippen MR) is 66.8 cm³/mol. The quantitative estimate of drug-likeness (QED) is 0.898. The SMILES string of the molecule is Cc1cc(Cl)ccc1C(C#N)OC(C)C(C)O. The van der Waals surface area contributed by atoms with E-state index in [9.17, 15) is 5.11 Å². The average Bonchev–Trinajstić information content (AvgIpc) is 2.26. The van der Waals surface area contributed by atoms with Crippen LogP contribution in [0.25, 0.3) is 0 Å². The van der Waals surface area contributed by atoms with Gasteiger partial charge in [0.1, 0.15) is 0 Å². The summed E-state index contributed by atoms with van der Waals surface area (Å²) in [5.41, 5.74) is 1.69. The lowest BCUT2D eigenvalue weighted by Gasteiger charge is -2.20. The van der Waals surface area contributed by atoms with Gasteiger partial charge in [0.15, 0.2) is 6.10 Å². The van der Waals surface area contributed by atoms with Gasteiger partial charge >= 0.3 is 0 Å². The summed E-state index contributed by atoms with van der Waals surface area (Å²) in [5, 5.41) is 19.1. The molecule has 0 saturated carbocycles. The second kappa shape index (κ2) is 6.02. The summed E-state index contributed by atoms with van der Waals surface area (Å²) >= 11 is 5.86. The van der Waals surface area contributed by atoms with Gasteiger partial charge in [-0.1, -0.05) is 17.7 Å². The second-order valence-electron chi connectivity index (χ2n) is 4.09. The summed E-state index contributed by atoms with van der Waals surface area (Å²) in [4.78, 5) is 0. The average molecular weight is 254 g/mol. The fraction of sp³-hybridized carbons (Fsp3) is 0.462. The normalized spacial score (nSPS) is 16.0. The van der Waals surface area contributed by atoms with Crippen LogP contribution >= 0.6 is 11.6 Å². The molecule has 3 atom stereocenters. The minimum absolute atomic E-state index is 0.394. The Bertz CT molecular complexity index is 426. The van der Waals surface area contributed by atoms with E-state index in [2.05, 4.69) is 6.07 Å². The van der Waals surface area contributed by atoms with Gasteiger partial charge in [0, 0.05) is 5.02 Å². The van der Waals surface area contributed by atoms with Crippen LogP contribution in [0.15, 0.2) is 18.2 Å². The number of aliphatic hydroxyl groups excluding tert-OH is 1. The number of aryl methyl sites for hydroxylation is 1. The van der Waals surface area contributed by atoms with Crippen molar-refractivity contribution in [3.8, 4) is 6.07 Å². The molecule has 0 radical (unpaired) electrons. The van der Waals surface area contributed by atoms with E-state index in [0.29, 0.717) is 5.02 Å². The molecule has 0 aromatic heterocycles. The van der Waals surface area contributed by atoms with E-state index in [1.807, 2.05) is 6.92 Å². The molecule has 4 heteroatoms. The van der Waals surface area contributed by atoms with Crippen LogP contribution in [0.3, 0.4) is 0 Å². The van der Waals surface area contributed by atoms with Crippen molar-refractivity contribution in [1.29, 1.82) is 5.26 Å². The molecule has 0 aliphatic heterocycles. The van der Waals surface area contributed by atoms with Crippen molar-refractivity contribution in [2.24, 2.45) is 0 Å². The van der Waals surface area contributed by atoms with Crippen LogP contribution in [0.1, 0.15) is 31.1 Å². The molecule has 3 unspecified atom stereocenters. The van der Waals surface area contributed by atoms with E-state index in [0.717, 1.165) is 11.1 Å². The topological polar surface area (TPSA) is 53.2 Å². The van der Waals surface area contributed by atoms with E-state index in [4.69, 9.17) is 21.6 Å². The van der Waals surface area contributed by atoms with E-state index >= 15 is 0 Å². The highest BCUT2D eigenvalue weighted by atomic mass is 35.5. The second-order valence-corrected chi connectivity index (χ2v) is 4.53. The Labute approximate surface area is 107 Å². The maximum absolute atomic E-state index is 9.37. The summed E-state index contributed by atoms with van der Waals surface area (Å²) < 4.78 is 5.51. The van der Waals surface area contributed by atoms with Crippen molar-refractivity contribution in [3.05, 3.63) is 34.3 Å². The Hall–Kier alpha value is -1.08. The van der Waals surface area contributed by atoms with E-state index in [1.165, 1.54) is 0 Å². The zero-order chi connectivity index (χ0) is 13.0. The molecular weight excluding hydrogens is 238 g/mol. The number of aliphatic hydroxyl groups is 1. The van der Waals surface area contributed by atoms with E-state index < -0.39 is 18.3 Å². The zero-order valence-corrected chi connectivity index (χ0v) is 10.9. The Kier molecular flexibility index (Phi) is 4.95. The predicted octanol–water partition coefficient (Wildman–Crippen LogP) is 3.00. The number of ether oxygens (including phenoxy) is 1. The zero-order valence-electron chi connectivity index (χ0n) is 10.1.